The molecular formula is C10H15NO3. The molecule has 1 amide bonds. The molecule has 1 aromatic rings. The standard InChI is InChI=1S/C10H15NO3/c1-8(2)14-10(12)11(3)7-9-5-4-6-13-9/h4-6,8H,7H2,1-3H3. The predicted octanol–water partition coefficient (Wildman–Crippen LogP) is 2.26. The Morgan fingerprint density at radius 2 is 2.36 bits per heavy atom. The largest absolute Gasteiger partial charge is 0.467 e. The van der Waals surface area contributed by atoms with Gasteiger partial charge in [-0.3, -0.25) is 0 Å². The maximum absolute atomic E-state index is 11.3. The first-order valence-electron chi connectivity index (χ1n) is 4.53. The molecule has 4 heteroatoms. The van der Waals surface area contributed by atoms with E-state index in [0.717, 1.165) is 5.76 Å². The second kappa shape index (κ2) is 4.69. The van der Waals surface area contributed by atoms with Crippen LogP contribution in [0.25, 0.3) is 0 Å². The quantitative estimate of drug-likeness (QED) is 0.746. The van der Waals surface area contributed by atoms with Crippen LogP contribution in [0.4, 0.5) is 4.79 Å². The summed E-state index contributed by atoms with van der Waals surface area (Å²) in [6, 6.07) is 3.61. The molecule has 0 bridgehead atoms. The van der Waals surface area contributed by atoms with Crippen molar-refractivity contribution in [2.75, 3.05) is 7.05 Å². The molecule has 0 radical (unpaired) electrons. The molecule has 0 unspecified atom stereocenters. The number of furan rings is 1. The summed E-state index contributed by atoms with van der Waals surface area (Å²) in [4.78, 5) is 12.8. The number of rotatable bonds is 3. The van der Waals surface area contributed by atoms with Gasteiger partial charge in [0.2, 0.25) is 0 Å². The Kier molecular flexibility index (Phi) is 3.56. The van der Waals surface area contributed by atoms with Gasteiger partial charge < -0.3 is 14.1 Å². The first-order chi connectivity index (χ1) is 6.59. The summed E-state index contributed by atoms with van der Waals surface area (Å²) in [5.41, 5.74) is 0. The van der Waals surface area contributed by atoms with Gasteiger partial charge in [-0.2, -0.15) is 0 Å². The molecule has 0 aliphatic carbocycles. The van der Waals surface area contributed by atoms with Crippen molar-refractivity contribution in [1.82, 2.24) is 4.90 Å². The second-order valence-corrected chi connectivity index (χ2v) is 3.37. The van der Waals surface area contributed by atoms with Crippen molar-refractivity contribution >= 4 is 6.09 Å². The van der Waals surface area contributed by atoms with Gasteiger partial charge in [0.15, 0.2) is 0 Å². The zero-order valence-corrected chi connectivity index (χ0v) is 8.69. The van der Waals surface area contributed by atoms with E-state index in [4.69, 9.17) is 9.15 Å². The highest BCUT2D eigenvalue weighted by molar-refractivity contribution is 5.67. The van der Waals surface area contributed by atoms with E-state index in [1.165, 1.54) is 4.90 Å². The van der Waals surface area contributed by atoms with Crippen LogP contribution in [0.15, 0.2) is 22.8 Å². The first-order valence-corrected chi connectivity index (χ1v) is 4.53. The number of hydrogen-bond acceptors (Lipinski definition) is 3. The van der Waals surface area contributed by atoms with Crippen LogP contribution in [0, 0.1) is 0 Å². The fraction of sp³-hybridized carbons (Fsp3) is 0.500. The minimum atomic E-state index is -0.337. The lowest BCUT2D eigenvalue weighted by Gasteiger charge is -2.17. The maximum Gasteiger partial charge on any atom is 0.410 e. The van der Waals surface area contributed by atoms with Crippen molar-refractivity contribution in [2.24, 2.45) is 0 Å². The molecular weight excluding hydrogens is 182 g/mol. The minimum Gasteiger partial charge on any atom is -0.467 e. The van der Waals surface area contributed by atoms with Crippen molar-refractivity contribution in [3.63, 3.8) is 0 Å². The van der Waals surface area contributed by atoms with Gasteiger partial charge in [-0.05, 0) is 26.0 Å². The number of hydrogen-bond donors (Lipinski definition) is 0. The van der Waals surface area contributed by atoms with E-state index in [9.17, 15) is 4.79 Å². The molecule has 0 fully saturated rings. The lowest BCUT2D eigenvalue weighted by atomic mass is 10.4. The Morgan fingerprint density at radius 3 is 2.86 bits per heavy atom. The highest BCUT2D eigenvalue weighted by atomic mass is 16.6. The molecule has 78 valence electrons. The highest BCUT2D eigenvalue weighted by Crippen LogP contribution is 2.05. The number of carbonyl (C=O) groups excluding carboxylic acids is 1. The molecule has 0 N–H and O–H groups in total. The van der Waals surface area contributed by atoms with E-state index in [2.05, 4.69) is 0 Å². The highest BCUT2D eigenvalue weighted by Gasteiger charge is 2.12. The average molecular weight is 197 g/mol. The van der Waals surface area contributed by atoms with Gasteiger partial charge in [-0.15, -0.1) is 0 Å². The molecule has 0 aromatic carbocycles. The van der Waals surface area contributed by atoms with Gasteiger partial charge in [0.05, 0.1) is 18.9 Å². The molecule has 0 spiro atoms. The van der Waals surface area contributed by atoms with Crippen LogP contribution in [-0.4, -0.2) is 24.1 Å². The van der Waals surface area contributed by atoms with Crippen LogP contribution < -0.4 is 0 Å². The zero-order chi connectivity index (χ0) is 10.6. The summed E-state index contributed by atoms with van der Waals surface area (Å²) >= 11 is 0. The Hall–Kier alpha value is -1.45. The third kappa shape index (κ3) is 3.12. The first kappa shape index (κ1) is 10.6. The van der Waals surface area contributed by atoms with Gasteiger partial charge >= 0.3 is 6.09 Å². The van der Waals surface area contributed by atoms with Crippen LogP contribution in [0.3, 0.4) is 0 Å². The van der Waals surface area contributed by atoms with Crippen molar-refractivity contribution in [3.05, 3.63) is 24.2 Å². The van der Waals surface area contributed by atoms with Crippen molar-refractivity contribution < 1.29 is 13.9 Å². The average Bonchev–Trinajstić information content (AvgIpc) is 2.55. The summed E-state index contributed by atoms with van der Waals surface area (Å²) in [6.45, 7) is 4.07. The third-order valence-electron chi connectivity index (χ3n) is 1.62. The van der Waals surface area contributed by atoms with E-state index in [1.807, 2.05) is 19.9 Å². The van der Waals surface area contributed by atoms with E-state index < -0.39 is 0 Å². The molecule has 0 aliphatic heterocycles. The van der Waals surface area contributed by atoms with Gasteiger partial charge in [-0.25, -0.2) is 4.79 Å². The summed E-state index contributed by atoms with van der Waals surface area (Å²) in [7, 11) is 1.67. The Bertz CT molecular complexity index is 280. The minimum absolute atomic E-state index is 0.0958. The fourth-order valence-corrected chi connectivity index (χ4v) is 0.992. The van der Waals surface area contributed by atoms with Crippen molar-refractivity contribution in [2.45, 2.75) is 26.5 Å². The van der Waals surface area contributed by atoms with Crippen LogP contribution in [0.5, 0.6) is 0 Å². The summed E-state index contributed by atoms with van der Waals surface area (Å²) in [5, 5.41) is 0. The number of amides is 1. The third-order valence-corrected chi connectivity index (χ3v) is 1.62. The molecule has 1 heterocycles. The van der Waals surface area contributed by atoms with Gasteiger partial charge in [0.25, 0.3) is 0 Å². The van der Waals surface area contributed by atoms with Gasteiger partial charge in [0.1, 0.15) is 5.76 Å². The monoisotopic (exact) mass is 197 g/mol. The van der Waals surface area contributed by atoms with Crippen LogP contribution >= 0.6 is 0 Å². The Morgan fingerprint density at radius 1 is 1.64 bits per heavy atom. The topological polar surface area (TPSA) is 42.7 Å². The van der Waals surface area contributed by atoms with E-state index in [0.29, 0.717) is 6.54 Å². The maximum atomic E-state index is 11.3. The predicted molar refractivity (Wildman–Crippen MR) is 51.8 cm³/mol. The summed E-state index contributed by atoms with van der Waals surface area (Å²) in [5.74, 6) is 0.744. The van der Waals surface area contributed by atoms with E-state index >= 15 is 0 Å². The van der Waals surface area contributed by atoms with Gasteiger partial charge in [0, 0.05) is 7.05 Å². The SMILES string of the molecule is CC(C)OC(=O)N(C)Cc1ccco1. The molecule has 0 saturated carbocycles. The van der Waals surface area contributed by atoms with Crippen LogP contribution in [0.2, 0.25) is 0 Å². The second-order valence-electron chi connectivity index (χ2n) is 3.37. The lowest BCUT2D eigenvalue weighted by molar-refractivity contribution is 0.0804. The van der Waals surface area contributed by atoms with Gasteiger partial charge in [-0.1, -0.05) is 0 Å². The van der Waals surface area contributed by atoms with Crippen molar-refractivity contribution in [3.8, 4) is 0 Å². The molecule has 0 saturated heterocycles. The fourth-order valence-electron chi connectivity index (χ4n) is 0.992. The molecule has 0 aliphatic rings. The zero-order valence-electron chi connectivity index (χ0n) is 8.69. The molecule has 14 heavy (non-hydrogen) atoms. The van der Waals surface area contributed by atoms with E-state index in [-0.39, 0.29) is 12.2 Å². The van der Waals surface area contributed by atoms with E-state index in [1.54, 1.807) is 19.4 Å². The molecule has 0 atom stereocenters. The smallest absolute Gasteiger partial charge is 0.410 e. The van der Waals surface area contributed by atoms with Crippen molar-refractivity contribution in [1.29, 1.82) is 0 Å². The number of nitrogens with zero attached hydrogens (tertiary/aromatic N) is 1. The Labute approximate surface area is 83.5 Å². The molecule has 4 nitrogen and oxygen atoms in total. The summed E-state index contributed by atoms with van der Waals surface area (Å²) in [6.07, 6.45) is 1.15. The lowest BCUT2D eigenvalue weighted by Crippen LogP contribution is -2.28. The molecule has 1 aromatic heterocycles. The molecule has 1 rings (SSSR count). The summed E-state index contributed by atoms with van der Waals surface area (Å²) < 4.78 is 10.1. The normalized spacial score (nSPS) is 10.3. The van der Waals surface area contributed by atoms with Crippen LogP contribution in [0.1, 0.15) is 19.6 Å². The number of ether oxygens (including phenoxy) is 1. The number of carbonyl (C=O) groups is 1. The van der Waals surface area contributed by atoms with Crippen LogP contribution in [-0.2, 0) is 11.3 Å². The Balaban J connectivity index is 2.42.